The molecule has 0 bridgehead atoms. The van der Waals surface area contributed by atoms with Gasteiger partial charge >= 0.3 is 0 Å². The fourth-order valence-electron chi connectivity index (χ4n) is 2.00. The smallest absolute Gasteiger partial charge is 0.0395 e. The number of benzene rings is 1. The SMILES string of the molecule is CCNCc1ccc(N(C)C(C)CC)c(C)c1. The predicted molar refractivity (Wildman–Crippen MR) is 76.7 cm³/mol. The molecular weight excluding hydrogens is 208 g/mol. The molecule has 96 valence electrons. The van der Waals surface area contributed by atoms with Crippen molar-refractivity contribution in [2.45, 2.75) is 46.7 Å². The highest BCUT2D eigenvalue weighted by Crippen LogP contribution is 2.22. The normalized spacial score (nSPS) is 12.5. The molecule has 0 aliphatic carbocycles. The lowest BCUT2D eigenvalue weighted by Gasteiger charge is -2.28. The summed E-state index contributed by atoms with van der Waals surface area (Å²) in [6.07, 6.45) is 1.18. The van der Waals surface area contributed by atoms with Crippen LogP contribution in [0.15, 0.2) is 18.2 Å². The first-order chi connectivity index (χ1) is 8.10. The highest BCUT2D eigenvalue weighted by atomic mass is 15.1. The Morgan fingerprint density at radius 2 is 2.00 bits per heavy atom. The summed E-state index contributed by atoms with van der Waals surface area (Å²) >= 11 is 0. The van der Waals surface area contributed by atoms with Crippen LogP contribution in [0, 0.1) is 6.92 Å². The number of hydrogen-bond acceptors (Lipinski definition) is 2. The van der Waals surface area contributed by atoms with Gasteiger partial charge in [0, 0.05) is 25.3 Å². The minimum absolute atomic E-state index is 0.591. The van der Waals surface area contributed by atoms with E-state index in [2.05, 4.69) is 63.2 Å². The van der Waals surface area contributed by atoms with Gasteiger partial charge in [0.2, 0.25) is 0 Å². The first kappa shape index (κ1) is 14.0. The molecule has 2 heteroatoms. The van der Waals surface area contributed by atoms with Crippen LogP contribution in [0.3, 0.4) is 0 Å². The van der Waals surface area contributed by atoms with E-state index in [0.717, 1.165) is 13.1 Å². The van der Waals surface area contributed by atoms with Crippen LogP contribution in [0.5, 0.6) is 0 Å². The molecule has 1 N–H and O–H groups in total. The van der Waals surface area contributed by atoms with E-state index in [0.29, 0.717) is 6.04 Å². The molecule has 1 unspecified atom stereocenters. The Morgan fingerprint density at radius 3 is 2.53 bits per heavy atom. The van der Waals surface area contributed by atoms with Gasteiger partial charge < -0.3 is 10.2 Å². The van der Waals surface area contributed by atoms with Crippen molar-refractivity contribution in [2.75, 3.05) is 18.5 Å². The maximum absolute atomic E-state index is 3.36. The van der Waals surface area contributed by atoms with Gasteiger partial charge in [-0.15, -0.1) is 0 Å². The van der Waals surface area contributed by atoms with Crippen molar-refractivity contribution in [3.63, 3.8) is 0 Å². The molecule has 17 heavy (non-hydrogen) atoms. The van der Waals surface area contributed by atoms with E-state index in [-0.39, 0.29) is 0 Å². The third kappa shape index (κ3) is 3.74. The van der Waals surface area contributed by atoms with Crippen molar-refractivity contribution in [3.05, 3.63) is 29.3 Å². The van der Waals surface area contributed by atoms with Crippen molar-refractivity contribution in [3.8, 4) is 0 Å². The molecule has 0 saturated carbocycles. The minimum Gasteiger partial charge on any atom is -0.372 e. The standard InChI is InChI=1S/C15H26N2/c1-6-13(4)17(5)15-9-8-14(10-12(15)3)11-16-7-2/h8-10,13,16H,6-7,11H2,1-5H3. The third-order valence-corrected chi connectivity index (χ3v) is 3.47. The predicted octanol–water partition coefficient (Wildman–Crippen LogP) is 3.34. The van der Waals surface area contributed by atoms with Gasteiger partial charge in [-0.2, -0.15) is 0 Å². The lowest BCUT2D eigenvalue weighted by molar-refractivity contribution is 0.662. The summed E-state index contributed by atoms with van der Waals surface area (Å²) in [4.78, 5) is 2.37. The Kier molecular flexibility index (Phi) is 5.49. The van der Waals surface area contributed by atoms with Crippen LogP contribution in [0.4, 0.5) is 5.69 Å². The van der Waals surface area contributed by atoms with Gasteiger partial charge in [-0.05, 0) is 44.0 Å². The Balaban J connectivity index is 2.82. The molecule has 0 fully saturated rings. The lowest BCUT2D eigenvalue weighted by atomic mass is 10.1. The highest BCUT2D eigenvalue weighted by Gasteiger charge is 2.10. The van der Waals surface area contributed by atoms with Crippen molar-refractivity contribution >= 4 is 5.69 Å². The molecule has 1 aromatic rings. The Hall–Kier alpha value is -1.02. The average molecular weight is 234 g/mol. The monoisotopic (exact) mass is 234 g/mol. The minimum atomic E-state index is 0.591. The zero-order chi connectivity index (χ0) is 12.8. The van der Waals surface area contributed by atoms with Crippen LogP contribution < -0.4 is 10.2 Å². The fraction of sp³-hybridized carbons (Fsp3) is 0.600. The van der Waals surface area contributed by atoms with Crippen LogP contribution in [0.2, 0.25) is 0 Å². The van der Waals surface area contributed by atoms with Gasteiger partial charge in [-0.1, -0.05) is 26.0 Å². The summed E-state index contributed by atoms with van der Waals surface area (Å²) in [7, 11) is 2.18. The van der Waals surface area contributed by atoms with E-state index in [4.69, 9.17) is 0 Å². The van der Waals surface area contributed by atoms with Gasteiger partial charge in [0.25, 0.3) is 0 Å². The number of hydrogen-bond donors (Lipinski definition) is 1. The lowest BCUT2D eigenvalue weighted by Crippen LogP contribution is -2.28. The fourth-order valence-corrected chi connectivity index (χ4v) is 2.00. The van der Waals surface area contributed by atoms with Crippen LogP contribution in [0.25, 0.3) is 0 Å². The quantitative estimate of drug-likeness (QED) is 0.812. The molecule has 0 amide bonds. The zero-order valence-electron chi connectivity index (χ0n) is 11.9. The number of aryl methyl sites for hydroxylation is 1. The Bertz CT molecular complexity index is 347. The number of nitrogens with zero attached hydrogens (tertiary/aromatic N) is 1. The first-order valence-electron chi connectivity index (χ1n) is 6.63. The molecule has 0 aliphatic rings. The van der Waals surface area contributed by atoms with Crippen molar-refractivity contribution in [1.82, 2.24) is 5.32 Å². The zero-order valence-corrected chi connectivity index (χ0v) is 11.9. The summed E-state index contributed by atoms with van der Waals surface area (Å²) in [6, 6.07) is 7.35. The topological polar surface area (TPSA) is 15.3 Å². The summed E-state index contributed by atoms with van der Waals surface area (Å²) in [5, 5.41) is 3.36. The second kappa shape index (κ2) is 6.65. The van der Waals surface area contributed by atoms with Crippen molar-refractivity contribution in [2.24, 2.45) is 0 Å². The molecule has 2 nitrogen and oxygen atoms in total. The van der Waals surface area contributed by atoms with Crippen LogP contribution in [0.1, 0.15) is 38.3 Å². The molecule has 0 radical (unpaired) electrons. The average Bonchev–Trinajstić information content (AvgIpc) is 2.34. The molecule has 0 spiro atoms. The summed E-state index contributed by atoms with van der Waals surface area (Å²) in [5.74, 6) is 0. The molecule has 0 aliphatic heterocycles. The van der Waals surface area contributed by atoms with Gasteiger partial charge in [0.05, 0.1) is 0 Å². The molecular formula is C15H26N2. The summed E-state index contributed by atoms with van der Waals surface area (Å²) in [5.41, 5.74) is 4.08. The second-order valence-corrected chi connectivity index (χ2v) is 4.77. The molecule has 1 aromatic carbocycles. The Labute approximate surface area is 106 Å². The van der Waals surface area contributed by atoms with Crippen LogP contribution >= 0.6 is 0 Å². The van der Waals surface area contributed by atoms with E-state index >= 15 is 0 Å². The van der Waals surface area contributed by atoms with Crippen LogP contribution in [-0.4, -0.2) is 19.6 Å². The second-order valence-electron chi connectivity index (χ2n) is 4.77. The first-order valence-corrected chi connectivity index (χ1v) is 6.63. The largest absolute Gasteiger partial charge is 0.372 e. The number of nitrogens with one attached hydrogen (secondary N) is 1. The Morgan fingerprint density at radius 1 is 1.29 bits per heavy atom. The molecule has 0 aromatic heterocycles. The van der Waals surface area contributed by atoms with Gasteiger partial charge in [-0.3, -0.25) is 0 Å². The number of anilines is 1. The van der Waals surface area contributed by atoms with E-state index in [9.17, 15) is 0 Å². The molecule has 0 heterocycles. The van der Waals surface area contributed by atoms with Crippen molar-refractivity contribution in [1.29, 1.82) is 0 Å². The summed E-state index contributed by atoms with van der Waals surface area (Å²) in [6.45, 7) is 10.8. The van der Waals surface area contributed by atoms with E-state index in [1.165, 1.54) is 23.2 Å². The number of rotatable bonds is 6. The van der Waals surface area contributed by atoms with Crippen LogP contribution in [-0.2, 0) is 6.54 Å². The summed E-state index contributed by atoms with van der Waals surface area (Å²) < 4.78 is 0. The van der Waals surface area contributed by atoms with Crippen molar-refractivity contribution < 1.29 is 0 Å². The van der Waals surface area contributed by atoms with Gasteiger partial charge in [0.15, 0.2) is 0 Å². The third-order valence-electron chi connectivity index (χ3n) is 3.47. The maximum atomic E-state index is 3.36. The maximum Gasteiger partial charge on any atom is 0.0395 e. The molecule has 1 rings (SSSR count). The highest BCUT2D eigenvalue weighted by molar-refractivity contribution is 5.54. The van der Waals surface area contributed by atoms with E-state index < -0.39 is 0 Å². The van der Waals surface area contributed by atoms with Gasteiger partial charge in [0.1, 0.15) is 0 Å². The molecule has 1 atom stereocenters. The van der Waals surface area contributed by atoms with E-state index in [1.807, 2.05) is 0 Å². The van der Waals surface area contributed by atoms with Gasteiger partial charge in [-0.25, -0.2) is 0 Å². The molecule has 0 saturated heterocycles. The van der Waals surface area contributed by atoms with E-state index in [1.54, 1.807) is 0 Å².